The molecule has 0 unspecified atom stereocenters. The van der Waals surface area contributed by atoms with Crippen LogP contribution in [0.4, 0.5) is 0 Å². The van der Waals surface area contributed by atoms with Crippen LogP contribution in [0.25, 0.3) is 0 Å². The summed E-state index contributed by atoms with van der Waals surface area (Å²) in [5.74, 6) is 0. The molecule has 0 heterocycles. The molecule has 0 aliphatic heterocycles. The molecule has 0 aliphatic rings. The number of hydrogen-bond acceptors (Lipinski definition) is 4. The van der Waals surface area contributed by atoms with E-state index in [1.54, 1.807) is 55.4 Å². The zero-order valence-electron chi connectivity index (χ0n) is 13.5. The summed E-state index contributed by atoms with van der Waals surface area (Å²) in [6, 6.07) is 0. The van der Waals surface area contributed by atoms with Gasteiger partial charge in [0.05, 0.1) is 0 Å². The third-order valence-electron chi connectivity index (χ3n) is 0. The molecule has 0 radical (unpaired) electrons. The first-order valence-electron chi connectivity index (χ1n) is 5.56. The fraction of sp³-hybridized carbons (Fsp3) is 1.00. The quantitative estimate of drug-likeness (QED) is 0.416. The SMILES string of the molecule is CC(C)[O-].CC(C)[O-].CC(C)[O-].CC(C)[O-].[Al+3].[Li+]. The molecule has 104 valence electrons. The molecule has 0 fully saturated rings. The minimum atomic E-state index is -0.417. The average molecular weight is 270 g/mol. The fourth-order valence-corrected chi connectivity index (χ4v) is 0. The maximum atomic E-state index is 9.53. The molecule has 0 rings (SSSR count). The molecule has 0 saturated carbocycles. The smallest absolute Gasteiger partial charge is 0.852 e. The first-order chi connectivity index (χ1) is 6.93. The van der Waals surface area contributed by atoms with Crippen LogP contribution in [0.5, 0.6) is 0 Å². The van der Waals surface area contributed by atoms with Crippen molar-refractivity contribution in [1.29, 1.82) is 0 Å². The van der Waals surface area contributed by atoms with Crippen molar-refractivity contribution < 1.29 is 39.3 Å². The monoisotopic (exact) mass is 270 g/mol. The molecule has 0 aromatic rings. The second-order valence-corrected chi connectivity index (χ2v) is 4.20. The van der Waals surface area contributed by atoms with E-state index in [2.05, 4.69) is 0 Å². The molecule has 4 nitrogen and oxygen atoms in total. The van der Waals surface area contributed by atoms with Crippen molar-refractivity contribution in [2.75, 3.05) is 0 Å². The van der Waals surface area contributed by atoms with Crippen molar-refractivity contribution >= 4 is 17.4 Å². The van der Waals surface area contributed by atoms with E-state index in [9.17, 15) is 20.4 Å². The van der Waals surface area contributed by atoms with Crippen molar-refractivity contribution in [3.63, 3.8) is 0 Å². The van der Waals surface area contributed by atoms with E-state index in [1.807, 2.05) is 0 Å². The van der Waals surface area contributed by atoms with Crippen LogP contribution in [-0.4, -0.2) is 41.8 Å². The Morgan fingerprint density at radius 1 is 0.444 bits per heavy atom. The first-order valence-corrected chi connectivity index (χ1v) is 5.56. The van der Waals surface area contributed by atoms with Crippen LogP contribution >= 0.6 is 0 Å². The molecule has 0 atom stereocenters. The van der Waals surface area contributed by atoms with Crippen LogP contribution in [0.15, 0.2) is 0 Å². The Balaban J connectivity index is -0.0000000257. The standard InChI is InChI=1S/4C3H7O.Al.Li/c4*1-3(2)4;;/h4*3H,1-2H3;;/q4*-1;+3;+1. The predicted molar refractivity (Wildman–Crippen MR) is 66.3 cm³/mol. The van der Waals surface area contributed by atoms with Crippen LogP contribution < -0.4 is 39.3 Å². The molecule has 0 aromatic carbocycles. The van der Waals surface area contributed by atoms with Gasteiger partial charge in [0.1, 0.15) is 0 Å². The maximum absolute atomic E-state index is 9.53. The average Bonchev–Trinajstić information content (AvgIpc) is 1.76. The summed E-state index contributed by atoms with van der Waals surface area (Å²) >= 11 is 0. The summed E-state index contributed by atoms with van der Waals surface area (Å²) < 4.78 is 0. The van der Waals surface area contributed by atoms with Gasteiger partial charge in [-0.2, -0.15) is 0 Å². The molecule has 18 heavy (non-hydrogen) atoms. The van der Waals surface area contributed by atoms with Crippen LogP contribution in [0.1, 0.15) is 55.4 Å². The Labute approximate surface area is 136 Å². The van der Waals surface area contributed by atoms with E-state index in [1.165, 1.54) is 0 Å². The van der Waals surface area contributed by atoms with Crippen molar-refractivity contribution in [2.24, 2.45) is 0 Å². The van der Waals surface area contributed by atoms with Gasteiger partial charge >= 0.3 is 36.2 Å². The fourth-order valence-electron chi connectivity index (χ4n) is 0. The van der Waals surface area contributed by atoms with Crippen LogP contribution in [0.3, 0.4) is 0 Å². The van der Waals surface area contributed by atoms with Gasteiger partial charge in [-0.05, 0) is 0 Å². The molecule has 0 N–H and O–H groups in total. The second kappa shape index (κ2) is 30.8. The van der Waals surface area contributed by atoms with Crippen LogP contribution in [-0.2, 0) is 0 Å². The summed E-state index contributed by atoms with van der Waals surface area (Å²) in [4.78, 5) is 0. The van der Waals surface area contributed by atoms with Gasteiger partial charge in [-0.15, -0.1) is 24.4 Å². The number of hydrogen-bond donors (Lipinski definition) is 0. The van der Waals surface area contributed by atoms with Crippen molar-refractivity contribution in [3.05, 3.63) is 0 Å². The third kappa shape index (κ3) is 4600. The molecule has 0 saturated heterocycles. The molecule has 0 spiro atoms. The largest absolute Gasteiger partial charge is 3.00 e. The van der Waals surface area contributed by atoms with Crippen LogP contribution in [0, 0.1) is 0 Å². The van der Waals surface area contributed by atoms with Crippen LogP contribution in [0.2, 0.25) is 0 Å². The minimum Gasteiger partial charge on any atom is -0.852 e. The van der Waals surface area contributed by atoms with Crippen molar-refractivity contribution in [1.82, 2.24) is 0 Å². The van der Waals surface area contributed by atoms with Gasteiger partial charge in [0.25, 0.3) is 0 Å². The third-order valence-corrected chi connectivity index (χ3v) is 0. The Hall–Kier alpha value is 0.970. The van der Waals surface area contributed by atoms with Gasteiger partial charge in [-0.3, -0.25) is 0 Å². The van der Waals surface area contributed by atoms with E-state index in [-0.39, 0.29) is 36.2 Å². The molecule has 0 aliphatic carbocycles. The Morgan fingerprint density at radius 2 is 0.444 bits per heavy atom. The molecule has 6 heteroatoms. The van der Waals surface area contributed by atoms with Gasteiger partial charge in [0.2, 0.25) is 0 Å². The van der Waals surface area contributed by atoms with E-state index in [0.29, 0.717) is 0 Å². The second-order valence-electron chi connectivity index (χ2n) is 4.20. The topological polar surface area (TPSA) is 92.2 Å². The van der Waals surface area contributed by atoms with E-state index >= 15 is 0 Å². The normalized spacial score (nSPS) is 8.00. The summed E-state index contributed by atoms with van der Waals surface area (Å²) in [7, 11) is 0. The van der Waals surface area contributed by atoms with E-state index < -0.39 is 24.4 Å². The zero-order valence-corrected chi connectivity index (χ0v) is 14.7. The van der Waals surface area contributed by atoms with Gasteiger partial charge in [0, 0.05) is 0 Å². The van der Waals surface area contributed by atoms with Crippen molar-refractivity contribution in [3.8, 4) is 0 Å². The van der Waals surface area contributed by atoms with E-state index in [4.69, 9.17) is 0 Å². The summed E-state index contributed by atoms with van der Waals surface area (Å²) in [6.07, 6.45) is -1.67. The van der Waals surface area contributed by atoms with Crippen molar-refractivity contribution in [2.45, 2.75) is 79.8 Å². The summed E-state index contributed by atoms with van der Waals surface area (Å²) in [6.45, 7) is 12.9. The molecule has 0 amide bonds. The molecular weight excluding hydrogens is 242 g/mol. The molecule has 0 bridgehead atoms. The maximum Gasteiger partial charge on any atom is 3.00 e. The number of rotatable bonds is 0. The van der Waals surface area contributed by atoms with Gasteiger partial charge in [-0.1, -0.05) is 55.4 Å². The molecule has 0 aromatic heterocycles. The Morgan fingerprint density at radius 3 is 0.444 bits per heavy atom. The molecular formula is C12H28AlLiO4. The van der Waals surface area contributed by atoms with Gasteiger partial charge in [-0.25, -0.2) is 0 Å². The Bertz CT molecular complexity index is 67.1. The summed E-state index contributed by atoms with van der Waals surface area (Å²) in [5, 5.41) is 38.1. The van der Waals surface area contributed by atoms with Gasteiger partial charge in [0.15, 0.2) is 0 Å². The minimum absolute atomic E-state index is 0. The zero-order chi connectivity index (χ0) is 14.3. The summed E-state index contributed by atoms with van der Waals surface area (Å²) in [5.41, 5.74) is 0. The first kappa shape index (κ1) is 36.4. The van der Waals surface area contributed by atoms with Gasteiger partial charge < -0.3 is 20.4 Å². The van der Waals surface area contributed by atoms with E-state index in [0.717, 1.165) is 0 Å². The Kier molecular flexibility index (Phi) is 62.2. The predicted octanol–water partition coefficient (Wildman–Crippen LogP) is -4.36.